The van der Waals surface area contributed by atoms with E-state index in [4.69, 9.17) is 5.73 Å². The van der Waals surface area contributed by atoms with Crippen LogP contribution in [0.1, 0.15) is 24.3 Å². The Bertz CT molecular complexity index is 893. The SMILES string of the molecule is CCn1ncc(N)c1C(=O)OC.CCn1ncc2nc[nH]c(=O)c21. The fourth-order valence-electron chi connectivity index (χ4n) is 2.13. The highest BCUT2D eigenvalue weighted by Crippen LogP contribution is 2.11. The number of hydrogen-bond acceptors (Lipinski definition) is 7. The molecule has 3 rings (SSSR count). The van der Waals surface area contributed by atoms with Gasteiger partial charge < -0.3 is 15.5 Å². The summed E-state index contributed by atoms with van der Waals surface area (Å²) in [5.74, 6) is -0.452. The minimum Gasteiger partial charge on any atom is -0.464 e. The van der Waals surface area contributed by atoms with Crippen molar-refractivity contribution in [3.8, 4) is 0 Å². The normalized spacial score (nSPS) is 10.3. The number of aromatic amines is 1. The van der Waals surface area contributed by atoms with Crippen LogP contribution >= 0.6 is 0 Å². The van der Waals surface area contributed by atoms with Crippen LogP contribution in [0, 0.1) is 0 Å². The Morgan fingerprint density at radius 1 is 1.25 bits per heavy atom. The molecule has 0 radical (unpaired) electrons. The molecule has 10 heteroatoms. The number of carbonyl (C=O) groups excluding carboxylic acids is 1. The van der Waals surface area contributed by atoms with Crippen LogP contribution in [0.4, 0.5) is 5.69 Å². The number of H-pyrrole nitrogens is 1. The average molecular weight is 333 g/mol. The van der Waals surface area contributed by atoms with E-state index in [9.17, 15) is 9.59 Å². The third-order valence-corrected chi connectivity index (χ3v) is 3.28. The summed E-state index contributed by atoms with van der Waals surface area (Å²) in [6.45, 7) is 5.08. The van der Waals surface area contributed by atoms with Crippen LogP contribution in [-0.2, 0) is 17.8 Å². The van der Waals surface area contributed by atoms with Gasteiger partial charge in [0.25, 0.3) is 5.56 Å². The molecule has 0 aliphatic rings. The minimum atomic E-state index is -0.452. The fourth-order valence-corrected chi connectivity index (χ4v) is 2.13. The summed E-state index contributed by atoms with van der Waals surface area (Å²) in [7, 11) is 1.31. The van der Waals surface area contributed by atoms with Gasteiger partial charge in [0, 0.05) is 13.1 Å². The van der Waals surface area contributed by atoms with E-state index < -0.39 is 5.97 Å². The fraction of sp³-hybridized carbons (Fsp3) is 0.357. The molecular weight excluding hydrogens is 314 g/mol. The maximum atomic E-state index is 11.3. The van der Waals surface area contributed by atoms with Crippen molar-refractivity contribution in [3.05, 3.63) is 34.8 Å². The molecular formula is C14H19N7O3. The van der Waals surface area contributed by atoms with Gasteiger partial charge in [0.2, 0.25) is 0 Å². The molecule has 0 saturated carbocycles. The predicted octanol–water partition coefficient (Wildman–Crippen LogP) is 0.411. The van der Waals surface area contributed by atoms with Crippen LogP contribution in [0.5, 0.6) is 0 Å². The second-order valence-electron chi connectivity index (χ2n) is 4.68. The number of nitrogens with two attached hydrogens (primary N) is 1. The molecule has 0 saturated heterocycles. The Morgan fingerprint density at radius 3 is 2.54 bits per heavy atom. The topological polar surface area (TPSA) is 134 Å². The van der Waals surface area contributed by atoms with Crippen molar-refractivity contribution in [1.29, 1.82) is 0 Å². The van der Waals surface area contributed by atoms with E-state index in [1.54, 1.807) is 10.9 Å². The zero-order valence-electron chi connectivity index (χ0n) is 13.7. The van der Waals surface area contributed by atoms with Crippen LogP contribution < -0.4 is 11.3 Å². The lowest BCUT2D eigenvalue weighted by atomic mass is 10.4. The molecule has 0 unspecified atom stereocenters. The van der Waals surface area contributed by atoms with E-state index in [0.717, 1.165) is 0 Å². The quantitative estimate of drug-likeness (QED) is 0.663. The number of nitrogens with zero attached hydrogens (tertiary/aromatic N) is 5. The smallest absolute Gasteiger partial charge is 0.358 e. The third kappa shape index (κ3) is 3.26. The molecule has 10 nitrogen and oxygen atoms in total. The van der Waals surface area contributed by atoms with Gasteiger partial charge in [-0.25, -0.2) is 9.78 Å². The lowest BCUT2D eigenvalue weighted by Crippen LogP contribution is -2.12. The van der Waals surface area contributed by atoms with E-state index in [2.05, 4.69) is 24.9 Å². The van der Waals surface area contributed by atoms with Crippen LogP contribution in [0.3, 0.4) is 0 Å². The van der Waals surface area contributed by atoms with Crippen molar-refractivity contribution in [3.63, 3.8) is 0 Å². The maximum absolute atomic E-state index is 11.3. The molecule has 0 fully saturated rings. The standard InChI is InChI=1S/C7H8N4O.C7H11N3O2/c1-2-11-6-5(3-10-11)8-4-9-7(6)12;1-3-10-6(7(11)12-2)5(8)4-9-10/h3-4H,2H2,1H3,(H,8,9,12);4H,3,8H2,1-2H3. The van der Waals surface area contributed by atoms with E-state index in [0.29, 0.717) is 35.5 Å². The zero-order valence-corrected chi connectivity index (χ0v) is 13.7. The van der Waals surface area contributed by atoms with Crippen molar-refractivity contribution in [2.75, 3.05) is 12.8 Å². The number of esters is 1. The molecule has 0 aliphatic carbocycles. The molecule has 0 aromatic carbocycles. The Balaban J connectivity index is 0.000000174. The summed E-state index contributed by atoms with van der Waals surface area (Å²) in [6, 6.07) is 0. The van der Waals surface area contributed by atoms with Crippen molar-refractivity contribution in [1.82, 2.24) is 29.5 Å². The van der Waals surface area contributed by atoms with Gasteiger partial charge in [0.15, 0.2) is 11.2 Å². The molecule has 3 N–H and O–H groups in total. The number of rotatable bonds is 3. The summed E-state index contributed by atoms with van der Waals surface area (Å²) in [4.78, 5) is 28.9. The summed E-state index contributed by atoms with van der Waals surface area (Å²) < 4.78 is 7.67. The first kappa shape index (κ1) is 17.2. The summed E-state index contributed by atoms with van der Waals surface area (Å²) in [6.07, 6.45) is 4.41. The number of nitrogen functional groups attached to an aromatic ring is 1. The highest BCUT2D eigenvalue weighted by atomic mass is 16.5. The minimum absolute atomic E-state index is 0.139. The molecule has 0 amide bonds. The lowest BCUT2D eigenvalue weighted by Gasteiger charge is -2.02. The van der Waals surface area contributed by atoms with Gasteiger partial charge in [-0.15, -0.1) is 0 Å². The summed E-state index contributed by atoms with van der Waals surface area (Å²) >= 11 is 0. The molecule has 0 spiro atoms. The van der Waals surface area contributed by atoms with Crippen LogP contribution in [-0.4, -0.2) is 42.6 Å². The second-order valence-corrected chi connectivity index (χ2v) is 4.68. The van der Waals surface area contributed by atoms with Gasteiger partial charge in [-0.2, -0.15) is 10.2 Å². The van der Waals surface area contributed by atoms with Gasteiger partial charge in [-0.1, -0.05) is 0 Å². The Morgan fingerprint density at radius 2 is 1.92 bits per heavy atom. The van der Waals surface area contributed by atoms with E-state index >= 15 is 0 Å². The number of aryl methyl sites for hydroxylation is 2. The molecule has 3 heterocycles. The number of fused-ring (bicyclic) bond motifs is 1. The molecule has 0 bridgehead atoms. The molecule has 0 atom stereocenters. The number of ether oxygens (including phenoxy) is 1. The summed E-state index contributed by atoms with van der Waals surface area (Å²) in [5.41, 5.74) is 7.22. The molecule has 24 heavy (non-hydrogen) atoms. The number of carbonyl (C=O) groups is 1. The first-order valence-electron chi connectivity index (χ1n) is 7.32. The van der Waals surface area contributed by atoms with Crippen LogP contribution in [0.2, 0.25) is 0 Å². The highest BCUT2D eigenvalue weighted by molar-refractivity contribution is 5.92. The van der Waals surface area contributed by atoms with Gasteiger partial charge >= 0.3 is 5.97 Å². The van der Waals surface area contributed by atoms with Crippen LogP contribution in [0.15, 0.2) is 23.5 Å². The zero-order chi connectivity index (χ0) is 17.7. The Hall–Kier alpha value is -3.17. The number of aromatic nitrogens is 6. The number of nitrogens with one attached hydrogen (secondary N) is 1. The number of hydrogen-bond donors (Lipinski definition) is 2. The van der Waals surface area contributed by atoms with Gasteiger partial charge in [-0.3, -0.25) is 14.2 Å². The molecule has 0 aliphatic heterocycles. The second kappa shape index (κ2) is 7.40. The van der Waals surface area contributed by atoms with E-state index in [1.165, 1.54) is 24.3 Å². The van der Waals surface area contributed by atoms with Gasteiger partial charge in [-0.05, 0) is 13.8 Å². The number of anilines is 1. The van der Waals surface area contributed by atoms with E-state index in [1.807, 2.05) is 13.8 Å². The largest absolute Gasteiger partial charge is 0.464 e. The van der Waals surface area contributed by atoms with Gasteiger partial charge in [0.05, 0.1) is 31.5 Å². The summed E-state index contributed by atoms with van der Waals surface area (Å²) in [5, 5.41) is 7.90. The monoisotopic (exact) mass is 333 g/mol. The maximum Gasteiger partial charge on any atom is 0.358 e. The Labute approximate surface area is 137 Å². The van der Waals surface area contributed by atoms with Crippen molar-refractivity contribution in [2.45, 2.75) is 26.9 Å². The number of methoxy groups -OCH3 is 1. The lowest BCUT2D eigenvalue weighted by molar-refractivity contribution is 0.0588. The van der Waals surface area contributed by atoms with Gasteiger partial charge in [0.1, 0.15) is 5.52 Å². The van der Waals surface area contributed by atoms with Crippen molar-refractivity contribution >= 4 is 22.7 Å². The van der Waals surface area contributed by atoms with Crippen molar-refractivity contribution < 1.29 is 9.53 Å². The highest BCUT2D eigenvalue weighted by Gasteiger charge is 2.15. The third-order valence-electron chi connectivity index (χ3n) is 3.28. The molecule has 3 aromatic heterocycles. The Kier molecular flexibility index (Phi) is 5.30. The molecule has 128 valence electrons. The predicted molar refractivity (Wildman–Crippen MR) is 87.5 cm³/mol. The van der Waals surface area contributed by atoms with Crippen LogP contribution in [0.25, 0.3) is 11.0 Å². The first-order chi connectivity index (χ1) is 11.5. The van der Waals surface area contributed by atoms with Crippen molar-refractivity contribution in [2.24, 2.45) is 0 Å². The molecule has 3 aromatic rings. The average Bonchev–Trinajstić information content (AvgIpc) is 3.18. The van der Waals surface area contributed by atoms with E-state index in [-0.39, 0.29) is 5.56 Å². The first-order valence-corrected chi connectivity index (χ1v) is 7.32.